The van der Waals surface area contributed by atoms with Crippen molar-refractivity contribution < 1.29 is 4.79 Å². The van der Waals surface area contributed by atoms with Crippen molar-refractivity contribution in [3.63, 3.8) is 0 Å². The van der Waals surface area contributed by atoms with Gasteiger partial charge in [0.15, 0.2) is 0 Å². The first kappa shape index (κ1) is 17.0. The molecule has 0 aliphatic heterocycles. The molecule has 1 heterocycles. The molecule has 0 aliphatic carbocycles. The second-order valence-electron chi connectivity index (χ2n) is 5.50. The molecule has 1 amide bonds. The first-order valence-electron chi connectivity index (χ1n) is 7.36. The molecule has 2 N–H and O–H groups in total. The van der Waals surface area contributed by atoms with Crippen LogP contribution in [0.2, 0.25) is 0 Å². The van der Waals surface area contributed by atoms with E-state index in [2.05, 4.69) is 38.7 Å². The standard InChI is InChI=1S/C17H21BrN2OS/c1-11(2)20-16(21)14-12(3)15(18)22-17(14)19-10-9-13-7-5-4-6-8-13/h4-8,11,19H,9-10H2,1-3H3,(H,20,21). The summed E-state index contributed by atoms with van der Waals surface area (Å²) < 4.78 is 1.00. The summed E-state index contributed by atoms with van der Waals surface area (Å²) in [5, 5.41) is 7.30. The van der Waals surface area contributed by atoms with E-state index >= 15 is 0 Å². The highest BCUT2D eigenvalue weighted by molar-refractivity contribution is 9.11. The van der Waals surface area contributed by atoms with E-state index in [1.807, 2.05) is 39.0 Å². The summed E-state index contributed by atoms with van der Waals surface area (Å²) in [6.45, 7) is 6.71. The maximum Gasteiger partial charge on any atom is 0.254 e. The van der Waals surface area contributed by atoms with Gasteiger partial charge in [0, 0.05) is 12.6 Å². The zero-order valence-corrected chi connectivity index (χ0v) is 15.5. The molecular formula is C17H21BrN2OS. The molecule has 118 valence electrons. The molecule has 0 saturated carbocycles. The van der Waals surface area contributed by atoms with Gasteiger partial charge in [-0.25, -0.2) is 0 Å². The molecule has 2 aromatic rings. The van der Waals surface area contributed by atoms with Gasteiger partial charge in [-0.3, -0.25) is 4.79 Å². The van der Waals surface area contributed by atoms with Crippen LogP contribution in [0.4, 0.5) is 5.00 Å². The molecule has 0 unspecified atom stereocenters. The molecule has 3 nitrogen and oxygen atoms in total. The first-order chi connectivity index (χ1) is 10.5. The number of hydrogen-bond acceptors (Lipinski definition) is 3. The zero-order valence-electron chi connectivity index (χ0n) is 13.1. The van der Waals surface area contributed by atoms with E-state index in [1.165, 1.54) is 5.56 Å². The fraction of sp³-hybridized carbons (Fsp3) is 0.353. The second kappa shape index (κ2) is 7.79. The minimum Gasteiger partial charge on any atom is -0.376 e. The summed E-state index contributed by atoms with van der Waals surface area (Å²) in [5.74, 6) is -0.0170. The van der Waals surface area contributed by atoms with Crippen LogP contribution < -0.4 is 10.6 Å². The highest BCUT2D eigenvalue weighted by atomic mass is 79.9. The number of nitrogens with one attached hydrogen (secondary N) is 2. The van der Waals surface area contributed by atoms with Gasteiger partial charge in [0.25, 0.3) is 5.91 Å². The van der Waals surface area contributed by atoms with Crippen LogP contribution in [-0.4, -0.2) is 18.5 Å². The highest BCUT2D eigenvalue weighted by Crippen LogP contribution is 2.36. The molecule has 0 radical (unpaired) electrons. The Morgan fingerprint density at radius 2 is 1.95 bits per heavy atom. The predicted octanol–water partition coefficient (Wildman–Crippen LogP) is 4.61. The number of carbonyl (C=O) groups excluding carboxylic acids is 1. The van der Waals surface area contributed by atoms with Crippen molar-refractivity contribution in [2.45, 2.75) is 33.2 Å². The lowest BCUT2D eigenvalue weighted by atomic mass is 10.1. The minimum absolute atomic E-state index is 0.0170. The monoisotopic (exact) mass is 380 g/mol. The van der Waals surface area contributed by atoms with Crippen molar-refractivity contribution in [1.29, 1.82) is 0 Å². The van der Waals surface area contributed by atoms with Crippen molar-refractivity contribution in [2.24, 2.45) is 0 Å². The largest absolute Gasteiger partial charge is 0.376 e. The highest BCUT2D eigenvalue weighted by Gasteiger charge is 2.20. The third-order valence-electron chi connectivity index (χ3n) is 3.28. The molecule has 0 spiro atoms. The molecule has 0 saturated heterocycles. The first-order valence-corrected chi connectivity index (χ1v) is 8.97. The molecule has 22 heavy (non-hydrogen) atoms. The lowest BCUT2D eigenvalue weighted by Gasteiger charge is -2.11. The van der Waals surface area contributed by atoms with E-state index in [0.717, 1.165) is 32.9 Å². The summed E-state index contributed by atoms with van der Waals surface area (Å²) in [6, 6.07) is 10.5. The summed E-state index contributed by atoms with van der Waals surface area (Å²) in [6.07, 6.45) is 0.931. The van der Waals surface area contributed by atoms with E-state index in [9.17, 15) is 4.79 Å². The topological polar surface area (TPSA) is 41.1 Å². The molecule has 0 bridgehead atoms. The Hall–Kier alpha value is -1.33. The van der Waals surface area contributed by atoms with Gasteiger partial charge in [-0.2, -0.15) is 0 Å². The van der Waals surface area contributed by atoms with Crippen LogP contribution >= 0.6 is 27.3 Å². The third kappa shape index (κ3) is 4.34. The second-order valence-corrected chi connectivity index (χ2v) is 7.83. The Morgan fingerprint density at radius 1 is 1.27 bits per heavy atom. The predicted molar refractivity (Wildman–Crippen MR) is 98.0 cm³/mol. The van der Waals surface area contributed by atoms with E-state index in [4.69, 9.17) is 0 Å². The lowest BCUT2D eigenvalue weighted by Crippen LogP contribution is -2.30. The van der Waals surface area contributed by atoms with E-state index in [1.54, 1.807) is 11.3 Å². The fourth-order valence-electron chi connectivity index (χ4n) is 2.18. The number of amides is 1. The summed E-state index contributed by atoms with van der Waals surface area (Å²) >= 11 is 5.11. The Balaban J connectivity index is 2.07. The summed E-state index contributed by atoms with van der Waals surface area (Å²) in [7, 11) is 0. The lowest BCUT2D eigenvalue weighted by molar-refractivity contribution is 0.0943. The Bertz CT molecular complexity index is 638. The van der Waals surface area contributed by atoms with Crippen LogP contribution in [0.1, 0.15) is 35.3 Å². The molecule has 0 fully saturated rings. The number of anilines is 1. The van der Waals surface area contributed by atoms with E-state index < -0.39 is 0 Å². The summed E-state index contributed by atoms with van der Waals surface area (Å²) in [4.78, 5) is 12.4. The fourth-order valence-corrected chi connectivity index (χ4v) is 3.82. The van der Waals surface area contributed by atoms with Crippen molar-refractivity contribution >= 4 is 38.2 Å². The molecule has 1 aromatic carbocycles. The van der Waals surface area contributed by atoms with Gasteiger partial charge >= 0.3 is 0 Å². The van der Waals surface area contributed by atoms with Gasteiger partial charge in [0.2, 0.25) is 0 Å². The average Bonchev–Trinajstić information content (AvgIpc) is 2.74. The number of rotatable bonds is 6. The maximum absolute atomic E-state index is 12.4. The van der Waals surface area contributed by atoms with Gasteiger partial charge < -0.3 is 10.6 Å². The van der Waals surface area contributed by atoms with Crippen molar-refractivity contribution in [3.05, 3.63) is 50.8 Å². The van der Waals surface area contributed by atoms with Crippen LogP contribution in [-0.2, 0) is 6.42 Å². The van der Waals surface area contributed by atoms with E-state index in [0.29, 0.717) is 0 Å². The van der Waals surface area contributed by atoms with Gasteiger partial charge in [-0.15, -0.1) is 11.3 Å². The Labute approximate surface area is 144 Å². The normalized spacial score (nSPS) is 10.8. The molecular weight excluding hydrogens is 360 g/mol. The number of halogens is 1. The quantitative estimate of drug-likeness (QED) is 0.767. The zero-order chi connectivity index (χ0) is 16.1. The van der Waals surface area contributed by atoms with Crippen molar-refractivity contribution in [1.82, 2.24) is 5.32 Å². The van der Waals surface area contributed by atoms with Crippen LogP contribution in [0.25, 0.3) is 0 Å². The van der Waals surface area contributed by atoms with Crippen molar-refractivity contribution in [3.8, 4) is 0 Å². The SMILES string of the molecule is Cc1c(Br)sc(NCCc2ccccc2)c1C(=O)NC(C)C. The molecule has 0 aliphatic rings. The van der Waals surface area contributed by atoms with Gasteiger partial charge in [-0.05, 0) is 54.2 Å². The van der Waals surface area contributed by atoms with Crippen LogP contribution in [0.3, 0.4) is 0 Å². The van der Waals surface area contributed by atoms with Crippen LogP contribution in [0, 0.1) is 6.92 Å². The molecule has 2 rings (SSSR count). The van der Waals surface area contributed by atoms with Gasteiger partial charge in [-0.1, -0.05) is 30.3 Å². The van der Waals surface area contributed by atoms with Gasteiger partial charge in [0.1, 0.15) is 5.00 Å². The van der Waals surface area contributed by atoms with Gasteiger partial charge in [0.05, 0.1) is 9.35 Å². The Morgan fingerprint density at radius 3 is 2.59 bits per heavy atom. The van der Waals surface area contributed by atoms with Crippen LogP contribution in [0.15, 0.2) is 34.1 Å². The Kier molecular flexibility index (Phi) is 6.03. The molecule has 5 heteroatoms. The maximum atomic E-state index is 12.4. The molecule has 0 atom stereocenters. The average molecular weight is 381 g/mol. The smallest absolute Gasteiger partial charge is 0.254 e. The number of hydrogen-bond donors (Lipinski definition) is 2. The number of carbonyl (C=O) groups is 1. The number of thiophene rings is 1. The third-order valence-corrected chi connectivity index (χ3v) is 5.40. The molecule has 1 aromatic heterocycles. The van der Waals surface area contributed by atoms with E-state index in [-0.39, 0.29) is 11.9 Å². The minimum atomic E-state index is -0.0170. The van der Waals surface area contributed by atoms with Crippen molar-refractivity contribution in [2.75, 3.05) is 11.9 Å². The number of benzene rings is 1. The summed E-state index contributed by atoms with van der Waals surface area (Å²) in [5.41, 5.74) is 3.03. The van der Waals surface area contributed by atoms with Crippen LogP contribution in [0.5, 0.6) is 0 Å².